The normalized spacial score (nSPS) is 11.2. The highest BCUT2D eigenvalue weighted by Gasteiger charge is 2.24. The van der Waals surface area contributed by atoms with Crippen LogP contribution in [0.25, 0.3) is 0 Å². The van der Waals surface area contributed by atoms with Crippen molar-refractivity contribution in [3.63, 3.8) is 0 Å². The third-order valence-electron chi connectivity index (χ3n) is 2.60. The van der Waals surface area contributed by atoms with Gasteiger partial charge in [-0.3, -0.25) is 4.72 Å². The maximum Gasteiger partial charge on any atom is 0.281 e. The zero-order valence-electron chi connectivity index (χ0n) is 11.5. The number of nitrogens with one attached hydrogen (secondary N) is 1. The molecule has 0 saturated heterocycles. The molecule has 0 amide bonds. The summed E-state index contributed by atoms with van der Waals surface area (Å²) in [7, 11) is 0.595. The second-order valence-electron chi connectivity index (χ2n) is 4.02. The molecule has 2 aromatic rings. The van der Waals surface area contributed by atoms with E-state index in [1.54, 1.807) is 6.07 Å². The maximum absolute atomic E-state index is 12.4. The number of hydrogen-bond acceptors (Lipinski definition) is 6. The summed E-state index contributed by atoms with van der Waals surface area (Å²) in [5.74, 6) is 0.934. The first-order valence-corrected chi connectivity index (χ1v) is 7.96. The molecule has 0 aliphatic heterocycles. The Morgan fingerprint density at radius 1 is 1.19 bits per heavy atom. The summed E-state index contributed by atoms with van der Waals surface area (Å²) in [6, 6.07) is 4.72. The summed E-state index contributed by atoms with van der Waals surface area (Å²) in [5, 5.41) is 7.22. The van der Waals surface area contributed by atoms with E-state index in [4.69, 9.17) is 9.47 Å². The first-order chi connectivity index (χ1) is 9.87. The van der Waals surface area contributed by atoms with Crippen LogP contribution >= 0.6 is 15.9 Å². The molecule has 1 heterocycles. The Balaban J connectivity index is 2.41. The Labute approximate surface area is 130 Å². The topological polar surface area (TPSA) is 95.3 Å². The van der Waals surface area contributed by atoms with E-state index >= 15 is 0 Å². The van der Waals surface area contributed by atoms with Crippen molar-refractivity contribution in [3.8, 4) is 11.5 Å². The number of nitrogens with zero attached hydrogens (tertiary/aromatic N) is 3. The maximum atomic E-state index is 12.4. The van der Waals surface area contributed by atoms with Crippen LogP contribution in [0.4, 0.5) is 5.69 Å². The highest BCUT2D eigenvalue weighted by Crippen LogP contribution is 2.28. The summed E-state index contributed by atoms with van der Waals surface area (Å²) in [4.78, 5) is 0. The van der Waals surface area contributed by atoms with Gasteiger partial charge in [0.25, 0.3) is 10.0 Å². The molecule has 0 radical (unpaired) electrons. The van der Waals surface area contributed by atoms with Gasteiger partial charge in [0.05, 0.1) is 19.9 Å². The molecule has 0 spiro atoms. The second-order valence-corrected chi connectivity index (χ2v) is 6.36. The van der Waals surface area contributed by atoms with E-state index in [1.165, 1.54) is 33.4 Å². The first kappa shape index (κ1) is 15.6. The van der Waals surface area contributed by atoms with E-state index in [1.807, 2.05) is 0 Å². The number of hydrogen-bond donors (Lipinski definition) is 1. The molecule has 114 valence electrons. The van der Waals surface area contributed by atoms with Gasteiger partial charge in [0, 0.05) is 25.2 Å². The lowest BCUT2D eigenvalue weighted by Gasteiger charge is -2.11. The molecule has 0 fully saturated rings. The van der Waals surface area contributed by atoms with E-state index in [9.17, 15) is 8.42 Å². The fourth-order valence-electron chi connectivity index (χ4n) is 1.68. The van der Waals surface area contributed by atoms with Crippen molar-refractivity contribution in [3.05, 3.63) is 22.8 Å². The predicted molar refractivity (Wildman–Crippen MR) is 79.1 cm³/mol. The number of rotatable bonds is 5. The molecule has 1 N–H and O–H groups in total. The van der Waals surface area contributed by atoms with Gasteiger partial charge in [-0.1, -0.05) is 5.21 Å². The minimum atomic E-state index is -3.85. The average Bonchev–Trinajstić information content (AvgIpc) is 2.77. The SMILES string of the molecule is COc1cc(NS(=O)(=O)c2c(Br)nnn2C)cc(OC)c1. The standard InChI is InChI=1S/C11H13BrN4O4S/c1-16-11(10(12)13-15-16)21(17,18)14-7-4-8(19-2)6-9(5-7)20-3/h4-6,14H,1-3H3. The Morgan fingerprint density at radius 3 is 2.19 bits per heavy atom. The van der Waals surface area contributed by atoms with Crippen molar-refractivity contribution in [1.29, 1.82) is 0 Å². The zero-order valence-corrected chi connectivity index (χ0v) is 13.9. The summed E-state index contributed by atoms with van der Waals surface area (Å²) >= 11 is 3.06. The number of aryl methyl sites for hydroxylation is 1. The van der Waals surface area contributed by atoms with Crippen molar-refractivity contribution in [2.24, 2.45) is 7.05 Å². The molecule has 1 aromatic heterocycles. The fraction of sp³-hybridized carbons (Fsp3) is 0.273. The van der Waals surface area contributed by atoms with Crippen LogP contribution in [0.2, 0.25) is 0 Å². The Bertz CT molecular complexity index is 718. The molecular weight excluding hydrogens is 364 g/mol. The van der Waals surface area contributed by atoms with Crippen molar-refractivity contribution in [1.82, 2.24) is 15.0 Å². The summed E-state index contributed by atoms with van der Waals surface area (Å²) < 4.78 is 38.7. The number of halogens is 1. The highest BCUT2D eigenvalue weighted by molar-refractivity contribution is 9.10. The summed E-state index contributed by atoms with van der Waals surface area (Å²) in [6.45, 7) is 0. The lowest BCUT2D eigenvalue weighted by atomic mass is 10.3. The average molecular weight is 377 g/mol. The lowest BCUT2D eigenvalue weighted by Crippen LogP contribution is -2.17. The van der Waals surface area contributed by atoms with E-state index in [0.29, 0.717) is 17.2 Å². The van der Waals surface area contributed by atoms with Gasteiger partial charge in [0.2, 0.25) is 5.03 Å². The molecule has 0 aliphatic rings. The highest BCUT2D eigenvalue weighted by atomic mass is 79.9. The molecule has 10 heteroatoms. The number of aromatic nitrogens is 3. The molecule has 0 bridgehead atoms. The van der Waals surface area contributed by atoms with Gasteiger partial charge in [0.15, 0.2) is 4.60 Å². The van der Waals surface area contributed by atoms with Crippen molar-refractivity contribution in [2.45, 2.75) is 5.03 Å². The number of ether oxygens (including phenoxy) is 2. The van der Waals surface area contributed by atoms with Crippen molar-refractivity contribution >= 4 is 31.6 Å². The van der Waals surface area contributed by atoms with Crippen LogP contribution in [0.1, 0.15) is 0 Å². The zero-order chi connectivity index (χ0) is 15.6. The fourth-order valence-corrected chi connectivity index (χ4v) is 3.82. The van der Waals surface area contributed by atoms with Gasteiger partial charge >= 0.3 is 0 Å². The van der Waals surface area contributed by atoms with Crippen LogP contribution in [-0.4, -0.2) is 37.6 Å². The first-order valence-electron chi connectivity index (χ1n) is 5.68. The van der Waals surface area contributed by atoms with Crippen LogP contribution in [0.3, 0.4) is 0 Å². The third kappa shape index (κ3) is 3.27. The van der Waals surface area contributed by atoms with Crippen LogP contribution < -0.4 is 14.2 Å². The molecule has 0 saturated carbocycles. The van der Waals surface area contributed by atoms with Crippen LogP contribution in [0.15, 0.2) is 27.8 Å². The van der Waals surface area contributed by atoms with Gasteiger partial charge in [-0.2, -0.15) is 8.42 Å². The Kier molecular flexibility index (Phi) is 4.37. The Hall–Kier alpha value is -1.81. The molecule has 1 aromatic carbocycles. The minimum Gasteiger partial charge on any atom is -0.497 e. The second kappa shape index (κ2) is 5.90. The smallest absolute Gasteiger partial charge is 0.281 e. The molecule has 0 atom stereocenters. The van der Waals surface area contributed by atoms with Crippen LogP contribution in [0.5, 0.6) is 11.5 Å². The summed E-state index contributed by atoms with van der Waals surface area (Å²) in [6.07, 6.45) is 0. The van der Waals surface area contributed by atoms with Crippen molar-refractivity contribution in [2.75, 3.05) is 18.9 Å². The molecular formula is C11H13BrN4O4S. The number of anilines is 1. The number of sulfonamides is 1. The van der Waals surface area contributed by atoms with Gasteiger partial charge in [-0.05, 0) is 15.9 Å². The Morgan fingerprint density at radius 2 is 1.76 bits per heavy atom. The predicted octanol–water partition coefficient (Wildman–Crippen LogP) is 1.40. The largest absolute Gasteiger partial charge is 0.497 e. The van der Waals surface area contributed by atoms with Crippen LogP contribution in [0, 0.1) is 0 Å². The van der Waals surface area contributed by atoms with E-state index in [-0.39, 0.29) is 9.63 Å². The minimum absolute atomic E-state index is 0.0794. The molecule has 0 aliphatic carbocycles. The van der Waals surface area contributed by atoms with E-state index in [2.05, 4.69) is 31.0 Å². The molecule has 21 heavy (non-hydrogen) atoms. The lowest BCUT2D eigenvalue weighted by molar-refractivity contribution is 0.395. The number of benzene rings is 1. The van der Waals surface area contributed by atoms with Gasteiger partial charge in [-0.25, -0.2) is 4.68 Å². The van der Waals surface area contributed by atoms with E-state index < -0.39 is 10.0 Å². The quantitative estimate of drug-likeness (QED) is 0.846. The van der Waals surface area contributed by atoms with Gasteiger partial charge < -0.3 is 9.47 Å². The number of methoxy groups -OCH3 is 2. The van der Waals surface area contributed by atoms with Crippen LogP contribution in [-0.2, 0) is 17.1 Å². The third-order valence-corrected chi connectivity index (χ3v) is 4.86. The van der Waals surface area contributed by atoms with Crippen molar-refractivity contribution < 1.29 is 17.9 Å². The van der Waals surface area contributed by atoms with E-state index in [0.717, 1.165) is 4.68 Å². The molecule has 2 rings (SSSR count). The summed E-state index contributed by atoms with van der Waals surface area (Å²) in [5.41, 5.74) is 0.305. The monoisotopic (exact) mass is 376 g/mol. The van der Waals surface area contributed by atoms with Gasteiger partial charge in [-0.15, -0.1) is 5.10 Å². The van der Waals surface area contributed by atoms with Gasteiger partial charge in [0.1, 0.15) is 11.5 Å². The molecule has 0 unspecified atom stereocenters. The molecule has 8 nitrogen and oxygen atoms in total.